The number of carbonyl (C=O) groups excluding carboxylic acids is 1. The molecule has 0 fully saturated rings. The van der Waals surface area contributed by atoms with E-state index in [9.17, 15) is 13.6 Å². The van der Waals surface area contributed by atoms with E-state index in [4.69, 9.17) is 15.6 Å². The zero-order valence-electron chi connectivity index (χ0n) is 10.3. The van der Waals surface area contributed by atoms with Crippen LogP contribution in [0.3, 0.4) is 0 Å². The van der Waals surface area contributed by atoms with Crippen molar-refractivity contribution in [1.82, 2.24) is 4.90 Å². The van der Waals surface area contributed by atoms with Crippen LogP contribution in [-0.4, -0.2) is 48.6 Å². The van der Waals surface area contributed by atoms with E-state index in [1.807, 2.05) is 0 Å². The highest BCUT2D eigenvalue weighted by Crippen LogP contribution is 2.14. The minimum absolute atomic E-state index is 0.149. The quantitative estimate of drug-likeness (QED) is 0.719. The smallest absolute Gasteiger partial charge is 0.260 e. The Labute approximate surface area is 109 Å². The van der Waals surface area contributed by atoms with Gasteiger partial charge in [-0.15, -0.1) is 0 Å². The van der Waals surface area contributed by atoms with Crippen molar-refractivity contribution >= 4 is 11.6 Å². The average molecular weight is 274 g/mol. The van der Waals surface area contributed by atoms with Crippen LogP contribution in [0.1, 0.15) is 0 Å². The molecule has 1 amide bonds. The predicted octanol–water partition coefficient (Wildman–Crippen LogP) is 0.734. The Morgan fingerprint density at radius 2 is 2.21 bits per heavy atom. The molecule has 1 rings (SSSR count). The monoisotopic (exact) mass is 274 g/mol. The fraction of sp³-hybridized carbons (Fsp3) is 0.417. The number of carbonyl (C=O) groups is 1. The molecule has 0 saturated carbocycles. The van der Waals surface area contributed by atoms with Crippen LogP contribution in [0, 0.1) is 0 Å². The van der Waals surface area contributed by atoms with E-state index >= 15 is 0 Å². The number of rotatable bonds is 7. The fourth-order valence-corrected chi connectivity index (χ4v) is 1.45. The van der Waals surface area contributed by atoms with Crippen LogP contribution in [0.2, 0.25) is 0 Å². The molecule has 1 aromatic rings. The summed E-state index contributed by atoms with van der Waals surface area (Å²) in [5, 5.41) is 8.72. The average Bonchev–Trinajstić information content (AvgIpc) is 2.35. The van der Waals surface area contributed by atoms with Crippen LogP contribution in [-0.2, 0) is 4.79 Å². The third-order valence-electron chi connectivity index (χ3n) is 2.30. The number of nitrogens with zero attached hydrogens (tertiary/aromatic N) is 1. The molecule has 0 bridgehead atoms. The number of nitrogen functional groups attached to an aromatic ring is 1. The third kappa shape index (κ3) is 5.52. The van der Waals surface area contributed by atoms with E-state index in [1.54, 1.807) is 18.2 Å². The highest BCUT2D eigenvalue weighted by molar-refractivity contribution is 5.77. The van der Waals surface area contributed by atoms with Gasteiger partial charge < -0.3 is 20.5 Å². The Morgan fingerprint density at radius 1 is 1.47 bits per heavy atom. The zero-order chi connectivity index (χ0) is 14.3. The van der Waals surface area contributed by atoms with E-state index in [-0.39, 0.29) is 19.8 Å². The van der Waals surface area contributed by atoms with Crippen LogP contribution in [0.5, 0.6) is 5.75 Å². The minimum atomic E-state index is -2.65. The molecule has 3 N–H and O–H groups in total. The summed E-state index contributed by atoms with van der Waals surface area (Å²) in [7, 11) is 0. The molecule has 0 saturated heterocycles. The molecule has 0 aliphatic heterocycles. The van der Waals surface area contributed by atoms with E-state index < -0.39 is 18.9 Å². The maximum Gasteiger partial charge on any atom is 0.260 e. The summed E-state index contributed by atoms with van der Waals surface area (Å²) < 4.78 is 29.7. The SMILES string of the molecule is Nc1cccc(OCC(=O)N(CCO)CC(F)F)c1. The van der Waals surface area contributed by atoms with E-state index in [0.29, 0.717) is 11.4 Å². The molecule has 1 aromatic carbocycles. The molecule has 0 spiro atoms. The number of aliphatic hydroxyl groups excluding tert-OH is 1. The van der Waals surface area contributed by atoms with Crippen molar-refractivity contribution in [2.24, 2.45) is 0 Å². The normalized spacial score (nSPS) is 10.5. The second kappa shape index (κ2) is 7.52. The number of hydrogen-bond acceptors (Lipinski definition) is 4. The maximum absolute atomic E-state index is 12.3. The second-order valence-electron chi connectivity index (χ2n) is 3.82. The highest BCUT2D eigenvalue weighted by atomic mass is 19.3. The van der Waals surface area contributed by atoms with Gasteiger partial charge in [0.25, 0.3) is 12.3 Å². The van der Waals surface area contributed by atoms with Gasteiger partial charge in [-0.05, 0) is 12.1 Å². The van der Waals surface area contributed by atoms with Gasteiger partial charge in [0.2, 0.25) is 0 Å². The van der Waals surface area contributed by atoms with E-state index in [1.165, 1.54) is 6.07 Å². The van der Waals surface area contributed by atoms with Crippen LogP contribution >= 0.6 is 0 Å². The van der Waals surface area contributed by atoms with Gasteiger partial charge in [-0.2, -0.15) is 0 Å². The predicted molar refractivity (Wildman–Crippen MR) is 66.0 cm³/mol. The summed E-state index contributed by atoms with van der Waals surface area (Å²) in [6.45, 7) is -1.63. The number of halogens is 2. The first-order chi connectivity index (χ1) is 9.02. The molecule has 19 heavy (non-hydrogen) atoms. The second-order valence-corrected chi connectivity index (χ2v) is 3.82. The number of nitrogens with two attached hydrogens (primary N) is 1. The number of aliphatic hydroxyl groups is 1. The molecule has 0 aliphatic carbocycles. The first kappa shape index (κ1) is 15.2. The van der Waals surface area contributed by atoms with Crippen molar-refractivity contribution < 1.29 is 23.4 Å². The Kier molecular flexibility index (Phi) is 6.01. The number of hydrogen-bond donors (Lipinski definition) is 2. The minimum Gasteiger partial charge on any atom is -0.484 e. The Balaban J connectivity index is 2.52. The summed E-state index contributed by atoms with van der Waals surface area (Å²) in [6, 6.07) is 6.44. The summed E-state index contributed by atoms with van der Waals surface area (Å²) in [5.74, 6) is -0.230. The lowest BCUT2D eigenvalue weighted by molar-refractivity contribution is -0.135. The number of ether oxygens (including phenoxy) is 1. The Morgan fingerprint density at radius 3 is 2.79 bits per heavy atom. The van der Waals surface area contributed by atoms with Gasteiger partial charge in [0.15, 0.2) is 6.61 Å². The first-order valence-corrected chi connectivity index (χ1v) is 5.68. The number of anilines is 1. The number of amides is 1. The van der Waals surface area contributed by atoms with Crippen LogP contribution in [0.15, 0.2) is 24.3 Å². The summed E-state index contributed by atoms with van der Waals surface area (Å²) in [5.41, 5.74) is 6.01. The van der Waals surface area contributed by atoms with Crippen LogP contribution in [0.4, 0.5) is 14.5 Å². The summed E-state index contributed by atoms with van der Waals surface area (Å²) in [4.78, 5) is 12.5. The summed E-state index contributed by atoms with van der Waals surface area (Å²) >= 11 is 0. The van der Waals surface area contributed by atoms with Gasteiger partial charge >= 0.3 is 0 Å². The van der Waals surface area contributed by atoms with Gasteiger partial charge in [-0.1, -0.05) is 6.07 Å². The first-order valence-electron chi connectivity index (χ1n) is 5.68. The molecule has 106 valence electrons. The molecular weight excluding hydrogens is 258 g/mol. The largest absolute Gasteiger partial charge is 0.484 e. The lowest BCUT2D eigenvalue weighted by atomic mass is 10.3. The van der Waals surface area contributed by atoms with E-state index in [0.717, 1.165) is 4.90 Å². The van der Waals surface area contributed by atoms with Crippen LogP contribution in [0.25, 0.3) is 0 Å². The van der Waals surface area contributed by atoms with Crippen molar-refractivity contribution in [3.05, 3.63) is 24.3 Å². The Bertz CT molecular complexity index is 416. The molecule has 0 aromatic heterocycles. The van der Waals surface area contributed by atoms with Gasteiger partial charge in [0, 0.05) is 18.3 Å². The van der Waals surface area contributed by atoms with Gasteiger partial charge in [-0.3, -0.25) is 4.79 Å². The fourth-order valence-electron chi connectivity index (χ4n) is 1.45. The lowest BCUT2D eigenvalue weighted by Crippen LogP contribution is -2.40. The molecule has 0 atom stereocenters. The van der Waals surface area contributed by atoms with Crippen molar-refractivity contribution in [2.75, 3.05) is 32.0 Å². The zero-order valence-corrected chi connectivity index (χ0v) is 10.3. The summed E-state index contributed by atoms with van der Waals surface area (Å²) in [6.07, 6.45) is -2.65. The molecule has 0 unspecified atom stereocenters. The van der Waals surface area contributed by atoms with Gasteiger partial charge in [0.05, 0.1) is 13.2 Å². The molecule has 0 heterocycles. The maximum atomic E-state index is 12.3. The van der Waals surface area contributed by atoms with Crippen LogP contribution < -0.4 is 10.5 Å². The van der Waals surface area contributed by atoms with Gasteiger partial charge in [-0.25, -0.2) is 8.78 Å². The number of alkyl halides is 2. The lowest BCUT2D eigenvalue weighted by Gasteiger charge is -2.21. The third-order valence-corrected chi connectivity index (χ3v) is 2.30. The van der Waals surface area contributed by atoms with Crippen molar-refractivity contribution in [3.63, 3.8) is 0 Å². The highest BCUT2D eigenvalue weighted by Gasteiger charge is 2.18. The van der Waals surface area contributed by atoms with Crippen molar-refractivity contribution in [1.29, 1.82) is 0 Å². The van der Waals surface area contributed by atoms with E-state index in [2.05, 4.69) is 0 Å². The standard InChI is InChI=1S/C12H16F2N2O3/c13-11(14)7-16(4-5-17)12(18)8-19-10-3-1-2-9(15)6-10/h1-3,6,11,17H,4-5,7-8,15H2. The van der Waals surface area contributed by atoms with Crippen molar-refractivity contribution in [2.45, 2.75) is 6.43 Å². The van der Waals surface area contributed by atoms with Crippen molar-refractivity contribution in [3.8, 4) is 5.75 Å². The molecule has 0 radical (unpaired) electrons. The molecule has 7 heteroatoms. The topological polar surface area (TPSA) is 75.8 Å². The number of benzene rings is 1. The molecule has 0 aliphatic rings. The molecular formula is C12H16F2N2O3. The van der Waals surface area contributed by atoms with Gasteiger partial charge in [0.1, 0.15) is 5.75 Å². The molecule has 5 nitrogen and oxygen atoms in total. The Hall–Kier alpha value is -1.89.